The van der Waals surface area contributed by atoms with Crippen LogP contribution in [-0.2, 0) is 16.6 Å². The van der Waals surface area contributed by atoms with E-state index < -0.39 is 10.0 Å². The molecule has 0 spiro atoms. The quantitative estimate of drug-likeness (QED) is 0.658. The molecule has 3 aromatic rings. The zero-order valence-corrected chi connectivity index (χ0v) is 17.5. The van der Waals surface area contributed by atoms with Crippen LogP contribution in [0.5, 0.6) is 0 Å². The average Bonchev–Trinajstić information content (AvgIpc) is 2.67. The van der Waals surface area contributed by atoms with Crippen molar-refractivity contribution < 1.29 is 13.2 Å². The molecule has 3 aromatic carbocycles. The van der Waals surface area contributed by atoms with Crippen molar-refractivity contribution in [3.05, 3.63) is 95.1 Å². The number of sulfonamides is 1. The highest BCUT2D eigenvalue weighted by Gasteiger charge is 2.18. The van der Waals surface area contributed by atoms with Gasteiger partial charge in [0.1, 0.15) is 0 Å². The number of hydrogen-bond donors (Lipinski definition) is 1. The van der Waals surface area contributed by atoms with E-state index in [9.17, 15) is 13.2 Å². The minimum absolute atomic E-state index is 0.0498. The highest BCUT2D eigenvalue weighted by molar-refractivity contribution is 7.92. The highest BCUT2D eigenvalue weighted by Crippen LogP contribution is 2.19. The molecule has 1 amide bonds. The SMILES string of the molecule is Cc1cccc(CN(C)C(=O)c2cccc(S(=O)(=O)Nc3cccc(C)c3)c2)c1. The second-order valence-electron chi connectivity index (χ2n) is 7.15. The summed E-state index contributed by atoms with van der Waals surface area (Å²) in [7, 11) is -2.09. The van der Waals surface area contributed by atoms with Gasteiger partial charge in [0.15, 0.2) is 0 Å². The number of amides is 1. The number of carbonyl (C=O) groups is 1. The van der Waals surface area contributed by atoms with Crippen molar-refractivity contribution in [3.8, 4) is 0 Å². The van der Waals surface area contributed by atoms with Gasteiger partial charge in [0.2, 0.25) is 0 Å². The largest absolute Gasteiger partial charge is 0.337 e. The van der Waals surface area contributed by atoms with Crippen LogP contribution in [0.15, 0.2) is 77.7 Å². The first kappa shape index (κ1) is 20.6. The molecule has 0 atom stereocenters. The summed E-state index contributed by atoms with van der Waals surface area (Å²) >= 11 is 0. The molecule has 1 N–H and O–H groups in total. The average molecular weight is 409 g/mol. The summed E-state index contributed by atoms with van der Waals surface area (Å²) in [5, 5.41) is 0. The molecule has 5 nitrogen and oxygen atoms in total. The normalized spacial score (nSPS) is 11.1. The van der Waals surface area contributed by atoms with Gasteiger partial charge in [-0.15, -0.1) is 0 Å². The third-order valence-electron chi connectivity index (χ3n) is 4.51. The molecule has 150 valence electrons. The van der Waals surface area contributed by atoms with Gasteiger partial charge in [0, 0.05) is 24.8 Å². The zero-order chi connectivity index (χ0) is 21.0. The number of carbonyl (C=O) groups excluding carboxylic acids is 1. The van der Waals surface area contributed by atoms with Gasteiger partial charge in [-0.25, -0.2) is 8.42 Å². The van der Waals surface area contributed by atoms with Crippen molar-refractivity contribution in [1.82, 2.24) is 4.90 Å². The molecule has 0 aliphatic heterocycles. The summed E-state index contributed by atoms with van der Waals surface area (Å²) in [5.41, 5.74) is 3.90. The number of nitrogens with zero attached hydrogens (tertiary/aromatic N) is 1. The lowest BCUT2D eigenvalue weighted by atomic mass is 10.1. The van der Waals surface area contributed by atoms with E-state index in [1.165, 1.54) is 12.1 Å². The van der Waals surface area contributed by atoms with Gasteiger partial charge in [0.25, 0.3) is 15.9 Å². The third-order valence-corrected chi connectivity index (χ3v) is 5.89. The molecule has 0 heterocycles. The van der Waals surface area contributed by atoms with Gasteiger partial charge in [-0.05, 0) is 55.3 Å². The Balaban J connectivity index is 1.79. The Morgan fingerprint density at radius 2 is 1.55 bits per heavy atom. The minimum Gasteiger partial charge on any atom is -0.337 e. The summed E-state index contributed by atoms with van der Waals surface area (Å²) in [5.74, 6) is -0.237. The van der Waals surface area contributed by atoms with E-state index in [1.807, 2.05) is 44.2 Å². The van der Waals surface area contributed by atoms with Crippen LogP contribution in [0, 0.1) is 13.8 Å². The van der Waals surface area contributed by atoms with Gasteiger partial charge in [-0.3, -0.25) is 9.52 Å². The second-order valence-corrected chi connectivity index (χ2v) is 8.84. The maximum atomic E-state index is 12.8. The highest BCUT2D eigenvalue weighted by atomic mass is 32.2. The van der Waals surface area contributed by atoms with Gasteiger partial charge >= 0.3 is 0 Å². The van der Waals surface area contributed by atoms with E-state index in [1.54, 1.807) is 42.3 Å². The van der Waals surface area contributed by atoms with Crippen molar-refractivity contribution in [2.75, 3.05) is 11.8 Å². The lowest BCUT2D eigenvalue weighted by Gasteiger charge is -2.18. The topological polar surface area (TPSA) is 66.5 Å². The molecule has 0 saturated carbocycles. The molecule has 0 aromatic heterocycles. The molecular formula is C23H24N2O3S. The van der Waals surface area contributed by atoms with Gasteiger partial charge in [-0.2, -0.15) is 0 Å². The lowest BCUT2D eigenvalue weighted by Crippen LogP contribution is -2.26. The van der Waals surface area contributed by atoms with E-state index in [4.69, 9.17) is 0 Å². The maximum Gasteiger partial charge on any atom is 0.261 e. The first-order valence-electron chi connectivity index (χ1n) is 9.25. The third kappa shape index (κ3) is 5.23. The molecule has 0 unspecified atom stereocenters. The fourth-order valence-electron chi connectivity index (χ4n) is 3.10. The van der Waals surface area contributed by atoms with E-state index in [0.717, 1.165) is 16.7 Å². The molecule has 6 heteroatoms. The van der Waals surface area contributed by atoms with E-state index >= 15 is 0 Å². The zero-order valence-electron chi connectivity index (χ0n) is 16.7. The lowest BCUT2D eigenvalue weighted by molar-refractivity contribution is 0.0785. The molecule has 0 aliphatic rings. The van der Waals surface area contributed by atoms with Crippen LogP contribution in [0.25, 0.3) is 0 Å². The Morgan fingerprint density at radius 1 is 0.897 bits per heavy atom. The minimum atomic E-state index is -3.80. The monoisotopic (exact) mass is 408 g/mol. The van der Waals surface area contributed by atoms with Crippen molar-refractivity contribution in [2.45, 2.75) is 25.3 Å². The number of hydrogen-bond acceptors (Lipinski definition) is 3. The Hall–Kier alpha value is -3.12. The maximum absolute atomic E-state index is 12.8. The van der Waals surface area contributed by atoms with Crippen LogP contribution < -0.4 is 4.72 Å². The van der Waals surface area contributed by atoms with Crippen LogP contribution in [0.4, 0.5) is 5.69 Å². The molecule has 0 radical (unpaired) electrons. The molecule has 3 rings (SSSR count). The van der Waals surface area contributed by atoms with Crippen molar-refractivity contribution in [3.63, 3.8) is 0 Å². The Labute approximate surface area is 172 Å². The van der Waals surface area contributed by atoms with Crippen molar-refractivity contribution >= 4 is 21.6 Å². The predicted molar refractivity (Wildman–Crippen MR) is 115 cm³/mol. The van der Waals surface area contributed by atoms with Crippen LogP contribution in [-0.4, -0.2) is 26.3 Å². The molecule has 0 aliphatic carbocycles. The van der Waals surface area contributed by atoms with Crippen molar-refractivity contribution in [1.29, 1.82) is 0 Å². The van der Waals surface area contributed by atoms with Crippen LogP contribution >= 0.6 is 0 Å². The Bertz CT molecular complexity index is 1140. The first-order chi connectivity index (χ1) is 13.7. The first-order valence-corrected chi connectivity index (χ1v) is 10.7. The summed E-state index contributed by atoms with van der Waals surface area (Å²) < 4.78 is 28.1. The summed E-state index contributed by atoms with van der Waals surface area (Å²) in [6, 6.07) is 21.2. The molecule has 29 heavy (non-hydrogen) atoms. The molecule has 0 bridgehead atoms. The van der Waals surface area contributed by atoms with E-state index in [2.05, 4.69) is 4.72 Å². The summed E-state index contributed by atoms with van der Waals surface area (Å²) in [4.78, 5) is 14.5. The van der Waals surface area contributed by atoms with Crippen LogP contribution in [0.1, 0.15) is 27.0 Å². The fourth-order valence-corrected chi connectivity index (χ4v) is 4.19. The smallest absolute Gasteiger partial charge is 0.261 e. The molecular weight excluding hydrogens is 384 g/mol. The number of nitrogens with one attached hydrogen (secondary N) is 1. The second kappa shape index (κ2) is 8.49. The van der Waals surface area contributed by atoms with E-state index in [-0.39, 0.29) is 10.8 Å². The summed E-state index contributed by atoms with van der Waals surface area (Å²) in [6.07, 6.45) is 0. The molecule has 0 saturated heterocycles. The number of anilines is 1. The van der Waals surface area contributed by atoms with E-state index in [0.29, 0.717) is 17.8 Å². The molecule has 0 fully saturated rings. The summed E-state index contributed by atoms with van der Waals surface area (Å²) in [6.45, 7) is 4.33. The van der Waals surface area contributed by atoms with Gasteiger partial charge in [-0.1, -0.05) is 48.0 Å². The van der Waals surface area contributed by atoms with Crippen molar-refractivity contribution in [2.24, 2.45) is 0 Å². The number of benzene rings is 3. The Kier molecular flexibility index (Phi) is 6.03. The van der Waals surface area contributed by atoms with Gasteiger partial charge < -0.3 is 4.90 Å². The fraction of sp³-hybridized carbons (Fsp3) is 0.174. The predicted octanol–water partition coefficient (Wildman–Crippen LogP) is 4.38. The van der Waals surface area contributed by atoms with Crippen LogP contribution in [0.2, 0.25) is 0 Å². The standard InChI is InChI=1S/C23H24N2O3S/c1-17-7-4-9-19(13-17)16-25(3)23(26)20-10-6-12-22(15-20)29(27,28)24-21-11-5-8-18(2)14-21/h4-15,24H,16H2,1-3H3. The Morgan fingerprint density at radius 3 is 2.24 bits per heavy atom. The number of aryl methyl sites for hydroxylation is 2. The van der Waals surface area contributed by atoms with Crippen LogP contribution in [0.3, 0.4) is 0 Å². The van der Waals surface area contributed by atoms with Gasteiger partial charge in [0.05, 0.1) is 4.90 Å². The number of rotatable bonds is 6.